The number of carbonyl (C=O) groups excluding carboxylic acids is 1. The summed E-state index contributed by atoms with van der Waals surface area (Å²) in [5.74, 6) is 0.686. The molecule has 0 aromatic carbocycles. The van der Waals surface area contributed by atoms with Crippen molar-refractivity contribution in [1.29, 1.82) is 0 Å². The van der Waals surface area contributed by atoms with Gasteiger partial charge in [-0.15, -0.1) is 21.5 Å². The molecule has 3 aromatic rings. The Morgan fingerprint density at radius 3 is 2.69 bits per heavy atom. The Kier molecular flexibility index (Phi) is 6.78. The molecule has 6 rings (SSSR count). The van der Waals surface area contributed by atoms with Gasteiger partial charge in [-0.05, 0) is 50.5 Å². The molecule has 210 valence electrons. The second-order valence-corrected chi connectivity index (χ2v) is 13.4. The number of fused-ring (bicyclic) bond motifs is 1. The summed E-state index contributed by atoms with van der Waals surface area (Å²) in [5, 5.41) is 14.9. The lowest BCUT2D eigenvalue weighted by Gasteiger charge is -2.30. The molecule has 39 heavy (non-hydrogen) atoms. The zero-order valence-corrected chi connectivity index (χ0v) is 22.7. The molecule has 1 atom stereocenters. The van der Waals surface area contributed by atoms with Crippen molar-refractivity contribution in [3.05, 3.63) is 33.4 Å². The van der Waals surface area contributed by atoms with E-state index in [0.717, 1.165) is 17.7 Å². The molecule has 15 heteroatoms. The quantitative estimate of drug-likeness (QED) is 0.372. The van der Waals surface area contributed by atoms with Crippen LogP contribution in [-0.2, 0) is 41.1 Å². The maximum absolute atomic E-state index is 13.6. The Balaban J connectivity index is 1.30. The van der Waals surface area contributed by atoms with Crippen molar-refractivity contribution in [3.8, 4) is 0 Å². The van der Waals surface area contributed by atoms with E-state index in [1.54, 1.807) is 4.57 Å². The molecule has 0 spiro atoms. The third-order valence-electron chi connectivity index (χ3n) is 7.62. The van der Waals surface area contributed by atoms with Crippen LogP contribution in [0, 0.1) is 5.92 Å². The number of halogens is 3. The summed E-state index contributed by atoms with van der Waals surface area (Å²) in [7, 11) is -2.45. The summed E-state index contributed by atoms with van der Waals surface area (Å²) in [6.45, 7) is 0. The van der Waals surface area contributed by atoms with Crippen LogP contribution in [-0.4, -0.2) is 51.0 Å². The maximum atomic E-state index is 13.6. The predicted molar refractivity (Wildman–Crippen MR) is 137 cm³/mol. The zero-order chi connectivity index (χ0) is 27.5. The topological polar surface area (TPSA) is 124 Å². The molecule has 0 saturated heterocycles. The fourth-order valence-corrected chi connectivity index (χ4v) is 8.75. The Labute approximate surface area is 227 Å². The van der Waals surface area contributed by atoms with Gasteiger partial charge in [0, 0.05) is 47.3 Å². The van der Waals surface area contributed by atoms with Crippen LogP contribution in [0.3, 0.4) is 0 Å². The van der Waals surface area contributed by atoms with Crippen molar-refractivity contribution in [1.82, 2.24) is 29.3 Å². The summed E-state index contributed by atoms with van der Waals surface area (Å²) in [4.78, 5) is 14.3. The van der Waals surface area contributed by atoms with Gasteiger partial charge in [-0.25, -0.2) is 26.3 Å². The predicted octanol–water partition coefficient (Wildman–Crippen LogP) is 3.78. The molecule has 3 aliphatic carbocycles. The van der Waals surface area contributed by atoms with Gasteiger partial charge < -0.3 is 5.32 Å². The average Bonchev–Trinajstić information content (AvgIpc) is 3.34. The summed E-state index contributed by atoms with van der Waals surface area (Å²) >= 11 is 1.38. The molecular formula is C24H28F3N7O3S2. The molecule has 0 aliphatic heterocycles. The molecule has 2 saturated carbocycles. The van der Waals surface area contributed by atoms with E-state index in [1.807, 2.05) is 0 Å². The van der Waals surface area contributed by atoms with Crippen molar-refractivity contribution in [2.75, 3.05) is 5.32 Å². The number of aromatic nitrogens is 5. The molecule has 2 fully saturated rings. The van der Waals surface area contributed by atoms with E-state index >= 15 is 0 Å². The Morgan fingerprint density at radius 1 is 1.26 bits per heavy atom. The Morgan fingerprint density at radius 2 is 2.03 bits per heavy atom. The van der Waals surface area contributed by atoms with Crippen LogP contribution >= 0.6 is 11.3 Å². The lowest BCUT2D eigenvalue weighted by atomic mass is 9.92. The Bertz CT molecular complexity index is 1510. The molecule has 3 aliphatic rings. The minimum Gasteiger partial charge on any atom is -0.309 e. The summed E-state index contributed by atoms with van der Waals surface area (Å²) in [5.41, 5.74) is 0.298. The van der Waals surface area contributed by atoms with Crippen LogP contribution < -0.4 is 10.0 Å². The van der Waals surface area contributed by atoms with Crippen LogP contribution in [0.1, 0.15) is 65.6 Å². The monoisotopic (exact) mass is 583 g/mol. The highest BCUT2D eigenvalue weighted by Crippen LogP contribution is 2.43. The van der Waals surface area contributed by atoms with Crippen LogP contribution in [0.25, 0.3) is 0 Å². The number of nitrogens with zero attached hydrogens (tertiary/aromatic N) is 5. The molecule has 0 bridgehead atoms. The van der Waals surface area contributed by atoms with E-state index in [9.17, 15) is 26.4 Å². The average molecular weight is 584 g/mol. The molecule has 0 radical (unpaired) electrons. The van der Waals surface area contributed by atoms with Crippen molar-refractivity contribution in [2.45, 2.75) is 80.9 Å². The number of hydrogen-bond acceptors (Lipinski definition) is 8. The first kappa shape index (κ1) is 26.4. The number of nitrogens with one attached hydrogen (secondary N) is 2. The van der Waals surface area contributed by atoms with Crippen LogP contribution in [0.2, 0.25) is 0 Å². The standard InChI is InChI=1S/C24H28F3N7O3S2/c1-33-21(9-17(31-33)23(26)27)29-24-30-28-11-34(24)15-4-5-19-16(8-15)22(20(38-19)10-18(35)12-2-3-12)39(36,37)32-14-6-13(25)7-14/h9,11-15,23,32H,2-8,10H2,1H3,(H,29,30)/t13?,14?,15-/m0/s1. The molecule has 3 heterocycles. The third kappa shape index (κ3) is 5.23. The van der Waals surface area contributed by atoms with Gasteiger partial charge >= 0.3 is 0 Å². The summed E-state index contributed by atoms with van der Waals surface area (Å²) in [6.07, 6.45) is 1.45. The van der Waals surface area contributed by atoms with Crippen molar-refractivity contribution >= 4 is 38.9 Å². The minimum absolute atomic E-state index is 0.00237. The van der Waals surface area contributed by atoms with Gasteiger partial charge in [0.05, 0.1) is 4.90 Å². The van der Waals surface area contributed by atoms with E-state index in [4.69, 9.17) is 0 Å². The van der Waals surface area contributed by atoms with Gasteiger partial charge in [-0.2, -0.15) is 5.10 Å². The van der Waals surface area contributed by atoms with Crippen LogP contribution in [0.5, 0.6) is 0 Å². The molecule has 0 amide bonds. The van der Waals surface area contributed by atoms with Gasteiger partial charge in [-0.3, -0.25) is 14.0 Å². The van der Waals surface area contributed by atoms with Crippen molar-refractivity contribution in [3.63, 3.8) is 0 Å². The first-order valence-corrected chi connectivity index (χ1v) is 15.2. The van der Waals surface area contributed by atoms with Gasteiger partial charge in [0.2, 0.25) is 16.0 Å². The molecule has 0 unspecified atom stereocenters. The maximum Gasteiger partial charge on any atom is 0.282 e. The number of hydrogen-bond donors (Lipinski definition) is 2. The zero-order valence-electron chi connectivity index (χ0n) is 21.1. The lowest BCUT2D eigenvalue weighted by Crippen LogP contribution is -2.45. The second kappa shape index (κ2) is 10.0. The van der Waals surface area contributed by atoms with Crippen molar-refractivity contribution in [2.24, 2.45) is 13.0 Å². The highest BCUT2D eigenvalue weighted by Gasteiger charge is 2.39. The van der Waals surface area contributed by atoms with Gasteiger partial charge in [0.25, 0.3) is 6.43 Å². The number of sulfonamides is 1. The largest absolute Gasteiger partial charge is 0.309 e. The van der Waals surface area contributed by atoms with Crippen LogP contribution in [0.15, 0.2) is 17.3 Å². The van der Waals surface area contributed by atoms with Crippen LogP contribution in [0.4, 0.5) is 24.9 Å². The third-order valence-corrected chi connectivity index (χ3v) is 10.7. The SMILES string of the molecule is Cn1nc(C(F)F)cc1Nc1nncn1[C@H]1CCc2sc(CC(=O)C3CC3)c(S(=O)(=O)NC3CC(F)C3)c2C1. The van der Waals surface area contributed by atoms with Gasteiger partial charge in [-0.1, -0.05) is 0 Å². The Hall–Kier alpha value is -2.78. The molecule has 10 nitrogen and oxygen atoms in total. The first-order valence-electron chi connectivity index (χ1n) is 12.9. The highest BCUT2D eigenvalue weighted by atomic mass is 32.2. The number of thiophene rings is 1. The molecule has 2 N–H and O–H groups in total. The second-order valence-electron chi connectivity index (χ2n) is 10.5. The summed E-state index contributed by atoms with van der Waals surface area (Å²) < 4.78 is 72.6. The lowest BCUT2D eigenvalue weighted by molar-refractivity contribution is -0.119. The fraction of sp³-hybridized carbons (Fsp3) is 0.583. The number of rotatable bonds is 10. The van der Waals surface area contributed by atoms with Crippen molar-refractivity contribution < 1.29 is 26.4 Å². The van der Waals surface area contributed by atoms with E-state index in [2.05, 4.69) is 25.3 Å². The fourth-order valence-electron chi connectivity index (χ4n) is 5.32. The molecular weight excluding hydrogens is 555 g/mol. The normalized spacial score (nSPS) is 23.1. The van der Waals surface area contributed by atoms with E-state index < -0.39 is 28.7 Å². The number of alkyl halides is 3. The highest BCUT2D eigenvalue weighted by molar-refractivity contribution is 7.89. The van der Waals surface area contributed by atoms with Gasteiger partial charge in [0.15, 0.2) is 0 Å². The van der Waals surface area contributed by atoms with E-state index in [1.165, 1.54) is 35.5 Å². The number of anilines is 2. The smallest absolute Gasteiger partial charge is 0.282 e. The number of Topliss-reactive ketones (excluding diaryl/α,β-unsaturated/α-hetero) is 1. The number of ketones is 1. The molecule has 3 aromatic heterocycles. The minimum atomic E-state index is -3.98. The summed E-state index contributed by atoms with van der Waals surface area (Å²) in [6, 6.07) is 0.563. The van der Waals surface area contributed by atoms with E-state index in [-0.39, 0.29) is 47.6 Å². The van der Waals surface area contributed by atoms with Gasteiger partial charge in [0.1, 0.15) is 29.8 Å². The first-order chi connectivity index (χ1) is 18.6. The number of aryl methyl sites for hydroxylation is 2. The number of carbonyl (C=O) groups is 1. The van der Waals surface area contributed by atoms with E-state index in [0.29, 0.717) is 41.5 Å².